The molecule has 0 saturated carbocycles. The van der Waals surface area contributed by atoms with Crippen molar-refractivity contribution in [3.63, 3.8) is 0 Å². The molecule has 0 atom stereocenters. The molecule has 2 rings (SSSR count). The molecule has 1 nitrogen and oxygen atoms in total. The molecule has 0 aliphatic heterocycles. The predicted octanol–water partition coefficient (Wildman–Crippen LogP) is 4.50. The molecule has 18 heavy (non-hydrogen) atoms. The zero-order chi connectivity index (χ0) is 13.3. The molecular formula is C13H6Cl2F2O. The predicted molar refractivity (Wildman–Crippen MR) is 66.3 cm³/mol. The van der Waals surface area contributed by atoms with E-state index in [1.807, 2.05) is 0 Å². The van der Waals surface area contributed by atoms with Gasteiger partial charge in [-0.25, -0.2) is 8.78 Å². The lowest BCUT2D eigenvalue weighted by Crippen LogP contribution is -2.08. The number of halogens is 4. The second kappa shape index (κ2) is 5.04. The number of hydrogen-bond donors (Lipinski definition) is 0. The zero-order valence-electron chi connectivity index (χ0n) is 8.88. The Morgan fingerprint density at radius 2 is 1.22 bits per heavy atom. The van der Waals surface area contributed by atoms with Crippen LogP contribution in [0, 0.1) is 11.6 Å². The molecule has 0 amide bonds. The van der Waals surface area contributed by atoms with E-state index < -0.39 is 17.4 Å². The highest BCUT2D eigenvalue weighted by Gasteiger charge is 2.22. The standard InChI is InChI=1S/C13H6Cl2F2O/c14-7-3-1-5-9(16)11(7)13(18)12-8(15)4-2-6-10(12)17/h1-6H. The number of carbonyl (C=O) groups is 1. The van der Waals surface area contributed by atoms with Crippen molar-refractivity contribution in [3.05, 3.63) is 69.2 Å². The monoisotopic (exact) mass is 286 g/mol. The summed E-state index contributed by atoms with van der Waals surface area (Å²) in [5, 5.41) is -0.168. The third kappa shape index (κ3) is 2.24. The topological polar surface area (TPSA) is 17.1 Å². The molecular weight excluding hydrogens is 281 g/mol. The van der Waals surface area contributed by atoms with E-state index in [1.54, 1.807) is 0 Å². The van der Waals surface area contributed by atoms with Gasteiger partial charge in [-0.2, -0.15) is 0 Å². The van der Waals surface area contributed by atoms with E-state index in [4.69, 9.17) is 23.2 Å². The third-order valence-corrected chi connectivity index (χ3v) is 3.01. The van der Waals surface area contributed by atoms with Gasteiger partial charge in [0.05, 0.1) is 21.2 Å². The molecule has 0 N–H and O–H groups in total. The second-order valence-corrected chi connectivity index (χ2v) is 4.34. The van der Waals surface area contributed by atoms with Crippen molar-refractivity contribution in [1.82, 2.24) is 0 Å². The maximum absolute atomic E-state index is 13.6. The van der Waals surface area contributed by atoms with Crippen LogP contribution < -0.4 is 0 Å². The van der Waals surface area contributed by atoms with Gasteiger partial charge in [0.1, 0.15) is 11.6 Å². The summed E-state index contributed by atoms with van der Waals surface area (Å²) in [6.45, 7) is 0. The van der Waals surface area contributed by atoms with E-state index >= 15 is 0 Å². The fourth-order valence-electron chi connectivity index (χ4n) is 1.55. The van der Waals surface area contributed by atoms with Crippen LogP contribution in [0.15, 0.2) is 36.4 Å². The number of hydrogen-bond acceptors (Lipinski definition) is 1. The van der Waals surface area contributed by atoms with Crippen molar-refractivity contribution in [2.75, 3.05) is 0 Å². The molecule has 0 aromatic heterocycles. The van der Waals surface area contributed by atoms with Gasteiger partial charge < -0.3 is 0 Å². The lowest BCUT2D eigenvalue weighted by Gasteiger charge is -2.07. The first-order chi connectivity index (χ1) is 8.52. The molecule has 0 bridgehead atoms. The molecule has 0 heterocycles. The number of carbonyl (C=O) groups excluding carboxylic acids is 1. The number of ketones is 1. The Bertz CT molecular complexity index is 532. The normalized spacial score (nSPS) is 10.4. The summed E-state index contributed by atoms with van der Waals surface area (Å²) in [5.41, 5.74) is -0.766. The first-order valence-corrected chi connectivity index (χ1v) is 5.70. The molecule has 0 unspecified atom stereocenters. The number of rotatable bonds is 2. The van der Waals surface area contributed by atoms with Gasteiger partial charge in [-0.05, 0) is 24.3 Å². The number of benzene rings is 2. The van der Waals surface area contributed by atoms with Gasteiger partial charge in [0, 0.05) is 0 Å². The molecule has 0 fully saturated rings. The van der Waals surface area contributed by atoms with E-state index in [0.29, 0.717) is 0 Å². The summed E-state index contributed by atoms with van der Waals surface area (Å²) in [6, 6.07) is 7.58. The lowest BCUT2D eigenvalue weighted by atomic mass is 10.0. The Morgan fingerprint density at radius 3 is 1.56 bits per heavy atom. The maximum atomic E-state index is 13.6. The van der Waals surface area contributed by atoms with E-state index in [-0.39, 0.29) is 21.2 Å². The summed E-state index contributed by atoms with van der Waals surface area (Å²) in [5.74, 6) is -2.50. The van der Waals surface area contributed by atoms with Gasteiger partial charge in [0.2, 0.25) is 5.78 Å². The molecule has 0 saturated heterocycles. The summed E-state index contributed by atoms with van der Waals surface area (Å²) in [7, 11) is 0. The fourth-order valence-corrected chi connectivity index (χ4v) is 2.05. The largest absolute Gasteiger partial charge is 0.288 e. The quantitative estimate of drug-likeness (QED) is 0.743. The summed E-state index contributed by atoms with van der Waals surface area (Å²) >= 11 is 11.5. The van der Waals surface area contributed by atoms with Crippen LogP contribution in [0.3, 0.4) is 0 Å². The van der Waals surface area contributed by atoms with Crippen molar-refractivity contribution in [1.29, 1.82) is 0 Å². The molecule has 0 radical (unpaired) electrons. The minimum Gasteiger partial charge on any atom is -0.288 e. The van der Waals surface area contributed by atoms with Crippen LogP contribution in [-0.4, -0.2) is 5.78 Å². The van der Waals surface area contributed by atoms with Crippen molar-refractivity contribution >= 4 is 29.0 Å². The third-order valence-electron chi connectivity index (χ3n) is 2.38. The van der Waals surface area contributed by atoms with Crippen LogP contribution in [0.5, 0.6) is 0 Å². The maximum Gasteiger partial charge on any atom is 0.201 e. The Labute approximate surface area is 112 Å². The van der Waals surface area contributed by atoms with Gasteiger partial charge in [-0.3, -0.25) is 4.79 Å². The average Bonchev–Trinajstić information content (AvgIpc) is 2.28. The first-order valence-electron chi connectivity index (χ1n) is 4.95. The molecule has 0 aliphatic carbocycles. The van der Waals surface area contributed by atoms with E-state index in [9.17, 15) is 13.6 Å². The van der Waals surface area contributed by atoms with E-state index in [1.165, 1.54) is 24.3 Å². The van der Waals surface area contributed by atoms with Crippen LogP contribution >= 0.6 is 23.2 Å². The highest BCUT2D eigenvalue weighted by molar-refractivity contribution is 6.38. The Kier molecular flexibility index (Phi) is 3.64. The van der Waals surface area contributed by atoms with Crippen LogP contribution in [0.2, 0.25) is 10.0 Å². The van der Waals surface area contributed by atoms with Gasteiger partial charge in [-0.1, -0.05) is 35.3 Å². The van der Waals surface area contributed by atoms with Gasteiger partial charge in [0.25, 0.3) is 0 Å². The average molecular weight is 287 g/mol. The van der Waals surface area contributed by atoms with Crippen LogP contribution in [-0.2, 0) is 0 Å². The van der Waals surface area contributed by atoms with Gasteiger partial charge in [-0.15, -0.1) is 0 Å². The minimum absolute atomic E-state index is 0.0840. The molecule has 2 aromatic rings. The minimum atomic E-state index is -0.874. The zero-order valence-corrected chi connectivity index (χ0v) is 10.4. The van der Waals surface area contributed by atoms with Crippen LogP contribution in [0.1, 0.15) is 15.9 Å². The first kappa shape index (κ1) is 13.0. The molecule has 92 valence electrons. The van der Waals surface area contributed by atoms with E-state index in [2.05, 4.69) is 0 Å². The lowest BCUT2D eigenvalue weighted by molar-refractivity contribution is 0.103. The molecule has 2 aromatic carbocycles. The van der Waals surface area contributed by atoms with Crippen molar-refractivity contribution in [2.45, 2.75) is 0 Å². The van der Waals surface area contributed by atoms with Crippen molar-refractivity contribution < 1.29 is 13.6 Å². The molecule has 0 aliphatic rings. The van der Waals surface area contributed by atoms with Gasteiger partial charge in [0.15, 0.2) is 0 Å². The smallest absolute Gasteiger partial charge is 0.201 e. The van der Waals surface area contributed by atoms with Crippen molar-refractivity contribution in [3.8, 4) is 0 Å². The van der Waals surface area contributed by atoms with Gasteiger partial charge >= 0.3 is 0 Å². The second-order valence-electron chi connectivity index (χ2n) is 3.52. The highest BCUT2D eigenvalue weighted by Crippen LogP contribution is 2.27. The molecule has 5 heteroatoms. The SMILES string of the molecule is O=C(c1c(F)cccc1Cl)c1c(F)cccc1Cl. The van der Waals surface area contributed by atoms with E-state index in [0.717, 1.165) is 12.1 Å². The Balaban J connectivity index is 2.63. The highest BCUT2D eigenvalue weighted by atomic mass is 35.5. The summed E-state index contributed by atoms with van der Waals surface area (Å²) in [4.78, 5) is 12.1. The molecule has 0 spiro atoms. The Morgan fingerprint density at radius 1 is 0.833 bits per heavy atom. The summed E-state index contributed by atoms with van der Waals surface area (Å²) < 4.78 is 27.2. The van der Waals surface area contributed by atoms with Crippen LogP contribution in [0.4, 0.5) is 8.78 Å². The summed E-state index contributed by atoms with van der Waals surface area (Å²) in [6.07, 6.45) is 0. The van der Waals surface area contributed by atoms with Crippen LogP contribution in [0.25, 0.3) is 0 Å². The van der Waals surface area contributed by atoms with Crippen molar-refractivity contribution in [2.24, 2.45) is 0 Å². The fraction of sp³-hybridized carbons (Fsp3) is 0. The Hall–Kier alpha value is -1.45.